The molecule has 1 aromatic carbocycles. The van der Waals surface area contributed by atoms with E-state index in [0.29, 0.717) is 30.2 Å². The second-order valence-electron chi connectivity index (χ2n) is 9.29. The van der Waals surface area contributed by atoms with Crippen molar-refractivity contribution < 1.29 is 9.53 Å². The first-order valence-electron chi connectivity index (χ1n) is 11.2. The fourth-order valence-electron chi connectivity index (χ4n) is 6.05. The third-order valence-corrected chi connectivity index (χ3v) is 7.44. The van der Waals surface area contributed by atoms with Gasteiger partial charge < -0.3 is 14.2 Å². The molecule has 3 aliphatic rings. The summed E-state index contributed by atoms with van der Waals surface area (Å²) >= 11 is 0. The number of nitrogens with zero attached hydrogens (tertiary/aromatic N) is 4. The normalized spacial score (nSPS) is 29.0. The zero-order chi connectivity index (χ0) is 20.7. The van der Waals surface area contributed by atoms with Crippen LogP contribution in [-0.2, 0) is 24.8 Å². The number of carbonyl (C=O) groups is 1. The van der Waals surface area contributed by atoms with Crippen molar-refractivity contribution in [3.05, 3.63) is 48.0 Å². The molecule has 4 atom stereocenters. The van der Waals surface area contributed by atoms with Gasteiger partial charge in [0.05, 0.1) is 13.7 Å². The molecule has 0 radical (unpaired) electrons. The predicted octanol–water partition coefficient (Wildman–Crippen LogP) is 2.87. The summed E-state index contributed by atoms with van der Waals surface area (Å²) in [6.07, 6.45) is 8.94. The molecule has 0 saturated carbocycles. The second-order valence-corrected chi connectivity index (χ2v) is 9.29. The van der Waals surface area contributed by atoms with Gasteiger partial charge in [0.2, 0.25) is 5.91 Å². The number of carbonyl (C=O) groups excluding carboxylic acids is 1. The summed E-state index contributed by atoms with van der Waals surface area (Å²) in [5.74, 6) is 3.47. The number of hydrogen-bond acceptors (Lipinski definition) is 4. The molecule has 0 aliphatic carbocycles. The van der Waals surface area contributed by atoms with Crippen molar-refractivity contribution in [2.24, 2.45) is 18.9 Å². The summed E-state index contributed by atoms with van der Waals surface area (Å²) in [7, 11) is 3.78. The molecule has 6 nitrogen and oxygen atoms in total. The molecule has 1 amide bonds. The first-order valence-corrected chi connectivity index (χ1v) is 11.2. The van der Waals surface area contributed by atoms with Gasteiger partial charge in [0.15, 0.2) is 0 Å². The minimum Gasteiger partial charge on any atom is -0.497 e. The molecule has 4 heterocycles. The predicted molar refractivity (Wildman–Crippen MR) is 115 cm³/mol. The minimum atomic E-state index is 0.273. The minimum absolute atomic E-state index is 0.273. The Balaban J connectivity index is 1.41. The SMILES string of the molecule is COc1cccc(C[C@H]2[C@H]3C[C@H](CN(Cc4nccn4C)C3)[C@@H]3CCCC(=O)N32)c1. The largest absolute Gasteiger partial charge is 0.497 e. The van der Waals surface area contributed by atoms with E-state index in [4.69, 9.17) is 4.74 Å². The van der Waals surface area contributed by atoms with Gasteiger partial charge >= 0.3 is 0 Å². The number of amides is 1. The average Bonchev–Trinajstić information content (AvgIpc) is 3.15. The lowest BCUT2D eigenvalue weighted by Gasteiger charge is -2.56. The highest BCUT2D eigenvalue weighted by molar-refractivity contribution is 5.78. The molecule has 2 bridgehead atoms. The number of benzene rings is 1. The van der Waals surface area contributed by atoms with Crippen molar-refractivity contribution in [1.82, 2.24) is 19.4 Å². The van der Waals surface area contributed by atoms with E-state index in [1.807, 2.05) is 18.5 Å². The van der Waals surface area contributed by atoms with Gasteiger partial charge in [-0.2, -0.15) is 0 Å². The Morgan fingerprint density at radius 1 is 1.23 bits per heavy atom. The number of likely N-dealkylation sites (tertiary alicyclic amines) is 1. The van der Waals surface area contributed by atoms with Crippen molar-refractivity contribution >= 4 is 5.91 Å². The molecule has 3 aliphatic heterocycles. The molecular weight excluding hydrogens is 376 g/mol. The Morgan fingerprint density at radius 3 is 2.90 bits per heavy atom. The molecule has 6 heteroatoms. The number of aryl methyl sites for hydroxylation is 1. The molecule has 0 N–H and O–H groups in total. The van der Waals surface area contributed by atoms with Crippen LogP contribution in [0, 0.1) is 11.8 Å². The zero-order valence-electron chi connectivity index (χ0n) is 18.0. The van der Waals surface area contributed by atoms with E-state index < -0.39 is 0 Å². The lowest BCUT2D eigenvalue weighted by molar-refractivity contribution is -0.152. The van der Waals surface area contributed by atoms with E-state index in [1.54, 1.807) is 7.11 Å². The van der Waals surface area contributed by atoms with Gasteiger partial charge in [-0.25, -0.2) is 4.98 Å². The van der Waals surface area contributed by atoms with Crippen molar-refractivity contribution in [3.63, 3.8) is 0 Å². The summed E-state index contributed by atoms with van der Waals surface area (Å²) in [5, 5.41) is 0. The topological polar surface area (TPSA) is 50.6 Å². The maximum absolute atomic E-state index is 13.0. The van der Waals surface area contributed by atoms with Crippen LogP contribution in [0.4, 0.5) is 0 Å². The first-order chi connectivity index (χ1) is 14.6. The van der Waals surface area contributed by atoms with Crippen molar-refractivity contribution in [3.8, 4) is 5.75 Å². The van der Waals surface area contributed by atoms with Crippen LogP contribution in [0.25, 0.3) is 0 Å². The molecular formula is C24H32N4O2. The third kappa shape index (κ3) is 3.62. The third-order valence-electron chi connectivity index (χ3n) is 7.44. The number of piperidine rings is 3. The highest BCUT2D eigenvalue weighted by Crippen LogP contribution is 2.43. The fraction of sp³-hybridized carbons (Fsp3) is 0.583. The van der Waals surface area contributed by atoms with E-state index in [1.165, 1.54) is 12.0 Å². The van der Waals surface area contributed by atoms with Crippen LogP contribution in [0.1, 0.15) is 37.1 Å². The van der Waals surface area contributed by atoms with Gasteiger partial charge in [0, 0.05) is 51.0 Å². The first kappa shape index (κ1) is 19.6. The monoisotopic (exact) mass is 408 g/mol. The van der Waals surface area contributed by atoms with Crippen molar-refractivity contribution in [2.45, 2.75) is 50.7 Å². The van der Waals surface area contributed by atoms with Crippen molar-refractivity contribution in [1.29, 1.82) is 0 Å². The number of hydrogen-bond donors (Lipinski definition) is 0. The van der Waals surface area contributed by atoms with Gasteiger partial charge in [-0.05, 0) is 55.2 Å². The maximum Gasteiger partial charge on any atom is 0.223 e. The van der Waals surface area contributed by atoms with Crippen LogP contribution in [0.5, 0.6) is 5.75 Å². The maximum atomic E-state index is 13.0. The molecule has 160 valence electrons. The second kappa shape index (κ2) is 8.06. The van der Waals surface area contributed by atoms with Gasteiger partial charge in [0.25, 0.3) is 0 Å². The summed E-state index contributed by atoms with van der Waals surface area (Å²) in [5.41, 5.74) is 1.26. The van der Waals surface area contributed by atoms with Crippen LogP contribution in [0.15, 0.2) is 36.7 Å². The smallest absolute Gasteiger partial charge is 0.223 e. The number of imidazole rings is 1. The van der Waals surface area contributed by atoms with Crippen LogP contribution in [0.3, 0.4) is 0 Å². The Labute approximate surface area is 178 Å². The number of rotatable bonds is 5. The molecule has 30 heavy (non-hydrogen) atoms. The van der Waals surface area contributed by atoms with E-state index in [2.05, 4.69) is 44.6 Å². The van der Waals surface area contributed by atoms with Crippen LogP contribution in [0.2, 0.25) is 0 Å². The molecule has 3 saturated heterocycles. The van der Waals surface area contributed by atoms with Crippen LogP contribution >= 0.6 is 0 Å². The van der Waals surface area contributed by atoms with Gasteiger partial charge in [-0.15, -0.1) is 0 Å². The molecule has 1 aromatic heterocycles. The lowest BCUT2D eigenvalue weighted by atomic mass is 9.70. The molecule has 5 rings (SSSR count). The van der Waals surface area contributed by atoms with Gasteiger partial charge in [0.1, 0.15) is 11.6 Å². The number of methoxy groups -OCH3 is 1. The Kier molecular flexibility index (Phi) is 5.27. The van der Waals surface area contributed by atoms with Crippen molar-refractivity contribution in [2.75, 3.05) is 20.2 Å². The van der Waals surface area contributed by atoms with Crippen LogP contribution < -0.4 is 4.74 Å². The quantitative estimate of drug-likeness (QED) is 0.763. The van der Waals surface area contributed by atoms with Crippen LogP contribution in [-0.4, -0.2) is 57.5 Å². The lowest BCUT2D eigenvalue weighted by Crippen LogP contribution is -2.65. The van der Waals surface area contributed by atoms with E-state index in [-0.39, 0.29) is 6.04 Å². The van der Waals surface area contributed by atoms with Gasteiger partial charge in [-0.1, -0.05) is 12.1 Å². The highest BCUT2D eigenvalue weighted by Gasteiger charge is 2.49. The number of ether oxygens (including phenoxy) is 1. The standard InChI is InChI=1S/C24H32N4O2/c1-26-10-9-25-23(26)16-27-14-18-13-19(15-27)22(28-21(18)7-4-8-24(28)29)12-17-5-3-6-20(11-17)30-2/h3,5-6,9-11,18-19,21-22H,4,7-8,12-16H2,1-2H3/t18-,19+,21+,22+/m1/s1. The Bertz CT molecular complexity index is 910. The summed E-state index contributed by atoms with van der Waals surface area (Å²) in [6, 6.07) is 9.02. The Morgan fingerprint density at radius 2 is 2.10 bits per heavy atom. The van der Waals surface area contributed by atoms with E-state index in [9.17, 15) is 4.79 Å². The number of aromatic nitrogens is 2. The molecule has 0 spiro atoms. The van der Waals surface area contributed by atoms with E-state index >= 15 is 0 Å². The Hall–Kier alpha value is -2.34. The van der Waals surface area contributed by atoms with Gasteiger partial charge in [-0.3, -0.25) is 9.69 Å². The molecule has 0 unspecified atom stereocenters. The summed E-state index contributed by atoms with van der Waals surface area (Å²) in [4.78, 5) is 22.5. The fourth-order valence-corrected chi connectivity index (χ4v) is 6.05. The number of fused-ring (bicyclic) bond motifs is 4. The highest BCUT2D eigenvalue weighted by atomic mass is 16.5. The molecule has 2 aromatic rings. The summed E-state index contributed by atoms with van der Waals surface area (Å²) < 4.78 is 7.56. The average molecular weight is 409 g/mol. The van der Waals surface area contributed by atoms with E-state index in [0.717, 1.165) is 50.5 Å². The molecule has 3 fully saturated rings. The summed E-state index contributed by atoms with van der Waals surface area (Å²) in [6.45, 7) is 3.00. The zero-order valence-corrected chi connectivity index (χ0v) is 18.0.